The van der Waals surface area contributed by atoms with Crippen molar-refractivity contribution in [2.24, 2.45) is 0 Å². The first-order chi connectivity index (χ1) is 7.72. The van der Waals surface area contributed by atoms with E-state index >= 15 is 0 Å². The largest absolute Gasteiger partial charge is 0.224 e. The van der Waals surface area contributed by atoms with Gasteiger partial charge < -0.3 is 0 Å². The smallest absolute Gasteiger partial charge is 0.144 e. The first kappa shape index (κ1) is 11.6. The molecule has 0 unspecified atom stereocenters. The van der Waals surface area contributed by atoms with Crippen LogP contribution in [0.15, 0.2) is 28.7 Å². The number of hydrogen-bond donors (Lipinski definition) is 0. The minimum Gasteiger partial charge on any atom is -0.224 e. The summed E-state index contributed by atoms with van der Waals surface area (Å²) < 4.78 is 0.976. The lowest BCUT2D eigenvalue weighted by atomic mass is 10.2. The molecule has 0 saturated carbocycles. The Labute approximate surface area is 111 Å². The van der Waals surface area contributed by atoms with Crippen molar-refractivity contribution in [3.63, 3.8) is 0 Å². The highest BCUT2D eigenvalue weighted by molar-refractivity contribution is 9.10. The molecule has 5 heteroatoms. The van der Waals surface area contributed by atoms with Gasteiger partial charge in [-0.15, -0.1) is 11.3 Å². The Bertz CT molecular complexity index is 559. The molecule has 0 N–H and O–H groups in total. The minimum absolute atomic E-state index is 0.307. The Balaban J connectivity index is 2.46. The molecule has 0 radical (unpaired) electrons. The lowest BCUT2D eigenvalue weighted by Gasteiger charge is -1.98. The van der Waals surface area contributed by atoms with Crippen LogP contribution in [0.5, 0.6) is 0 Å². The molecule has 0 fully saturated rings. The zero-order valence-corrected chi connectivity index (χ0v) is 11.2. The van der Waals surface area contributed by atoms with Crippen molar-refractivity contribution >= 4 is 38.9 Å². The molecule has 16 heavy (non-hydrogen) atoms. The van der Waals surface area contributed by atoms with Crippen molar-refractivity contribution < 1.29 is 0 Å². The Morgan fingerprint density at radius 1 is 1.44 bits per heavy atom. The number of nitrogens with zero attached hydrogens (tertiary/aromatic N) is 2. The van der Waals surface area contributed by atoms with E-state index in [4.69, 9.17) is 16.9 Å². The van der Waals surface area contributed by atoms with E-state index in [9.17, 15) is 0 Å². The van der Waals surface area contributed by atoms with E-state index in [1.165, 1.54) is 11.3 Å². The van der Waals surface area contributed by atoms with Crippen molar-refractivity contribution in [2.45, 2.75) is 6.42 Å². The molecule has 2 rings (SSSR count). The fraction of sp³-hybridized carbons (Fsp3) is 0.0909. The van der Waals surface area contributed by atoms with E-state index in [2.05, 4.69) is 27.0 Å². The van der Waals surface area contributed by atoms with Crippen LogP contribution in [0.3, 0.4) is 0 Å². The highest BCUT2D eigenvalue weighted by Crippen LogP contribution is 2.34. The maximum absolute atomic E-state index is 8.64. The highest BCUT2D eigenvalue weighted by atomic mass is 79.9. The van der Waals surface area contributed by atoms with E-state index in [0.29, 0.717) is 11.6 Å². The van der Waals surface area contributed by atoms with E-state index in [1.54, 1.807) is 0 Å². The van der Waals surface area contributed by atoms with E-state index in [0.717, 1.165) is 19.9 Å². The third-order valence-electron chi connectivity index (χ3n) is 1.99. The molecule has 1 aromatic heterocycles. The number of halogens is 2. The van der Waals surface area contributed by atoms with Gasteiger partial charge in [0.25, 0.3) is 0 Å². The highest BCUT2D eigenvalue weighted by Gasteiger charge is 2.12. The van der Waals surface area contributed by atoms with Crippen molar-refractivity contribution in [1.82, 2.24) is 4.98 Å². The van der Waals surface area contributed by atoms with Crippen LogP contribution in [0.4, 0.5) is 0 Å². The summed E-state index contributed by atoms with van der Waals surface area (Å²) in [4.78, 5) is 5.08. The van der Waals surface area contributed by atoms with Gasteiger partial charge in [0.1, 0.15) is 10.2 Å². The van der Waals surface area contributed by atoms with Crippen LogP contribution in [-0.4, -0.2) is 4.98 Å². The van der Waals surface area contributed by atoms with Crippen LogP contribution in [0.25, 0.3) is 10.6 Å². The monoisotopic (exact) mass is 312 g/mol. The molecule has 0 bridgehead atoms. The Morgan fingerprint density at radius 3 is 2.88 bits per heavy atom. The molecule has 0 aliphatic rings. The van der Waals surface area contributed by atoms with Gasteiger partial charge in [-0.1, -0.05) is 45.7 Å². The molecule has 1 heterocycles. The molecule has 80 valence electrons. The van der Waals surface area contributed by atoms with Gasteiger partial charge in [-0.25, -0.2) is 4.98 Å². The Hall–Kier alpha value is -0.890. The van der Waals surface area contributed by atoms with Gasteiger partial charge in [0.2, 0.25) is 0 Å². The van der Waals surface area contributed by atoms with Crippen LogP contribution < -0.4 is 0 Å². The van der Waals surface area contributed by atoms with Gasteiger partial charge >= 0.3 is 0 Å². The minimum atomic E-state index is 0.307. The maximum atomic E-state index is 8.64. The lowest BCUT2D eigenvalue weighted by molar-refractivity contribution is 1.28. The zero-order valence-electron chi connectivity index (χ0n) is 8.08. The lowest BCUT2D eigenvalue weighted by Crippen LogP contribution is -1.77. The second-order valence-electron chi connectivity index (χ2n) is 3.05. The molecule has 2 aromatic rings. The average Bonchev–Trinajstić information content (AvgIpc) is 2.61. The zero-order chi connectivity index (χ0) is 11.5. The van der Waals surface area contributed by atoms with E-state index in [-0.39, 0.29) is 0 Å². The summed E-state index contributed by atoms with van der Waals surface area (Å²) in [5.74, 6) is 0. The molecule has 2 nitrogen and oxygen atoms in total. The van der Waals surface area contributed by atoms with Gasteiger partial charge in [0, 0.05) is 10.0 Å². The quantitative estimate of drug-likeness (QED) is 0.829. The first-order valence-electron chi connectivity index (χ1n) is 4.49. The summed E-state index contributed by atoms with van der Waals surface area (Å²) >= 11 is 10.9. The fourth-order valence-electron chi connectivity index (χ4n) is 1.26. The number of rotatable bonds is 2. The molecule has 0 spiro atoms. The molecule has 1 aromatic carbocycles. The van der Waals surface area contributed by atoms with Gasteiger partial charge in [-0.05, 0) is 6.07 Å². The fourth-order valence-corrected chi connectivity index (χ4v) is 3.11. The molecule has 0 aliphatic heterocycles. The summed E-state index contributed by atoms with van der Waals surface area (Å²) in [6.45, 7) is 0. The van der Waals surface area contributed by atoms with Crippen LogP contribution in [0, 0.1) is 11.3 Å². The molecule has 0 atom stereocenters. The molecular formula is C11H6BrClN2S. The summed E-state index contributed by atoms with van der Waals surface area (Å²) in [6, 6.07) is 9.89. The Morgan fingerprint density at radius 2 is 2.19 bits per heavy atom. The predicted octanol–water partition coefficient (Wildman–Crippen LogP) is 4.29. The molecular weight excluding hydrogens is 308 g/mol. The standard InChI is InChI=1S/C11H6BrClN2S/c12-8-4-2-1-3-7(8)11-15-10(13)9(16-11)5-6-14/h1-4H,5H2. The van der Waals surface area contributed by atoms with Gasteiger partial charge in [0.05, 0.1) is 17.4 Å². The summed E-state index contributed by atoms with van der Waals surface area (Å²) in [5.41, 5.74) is 0.999. The van der Waals surface area contributed by atoms with Gasteiger partial charge in [-0.3, -0.25) is 0 Å². The molecule has 0 aliphatic carbocycles. The molecule has 0 saturated heterocycles. The average molecular weight is 314 g/mol. The summed E-state index contributed by atoms with van der Waals surface area (Å²) in [6.07, 6.45) is 0.307. The third-order valence-corrected chi connectivity index (χ3v) is 4.20. The number of benzene rings is 1. The number of nitriles is 1. The normalized spacial score (nSPS) is 10.1. The van der Waals surface area contributed by atoms with Crippen LogP contribution in [0.1, 0.15) is 4.88 Å². The second kappa shape index (κ2) is 4.96. The van der Waals surface area contributed by atoms with Crippen molar-refractivity contribution in [1.29, 1.82) is 5.26 Å². The van der Waals surface area contributed by atoms with E-state index in [1.807, 2.05) is 24.3 Å². The van der Waals surface area contributed by atoms with Crippen molar-refractivity contribution in [3.8, 4) is 16.6 Å². The Kier molecular flexibility index (Phi) is 3.59. The van der Waals surface area contributed by atoms with E-state index < -0.39 is 0 Å². The first-order valence-corrected chi connectivity index (χ1v) is 6.48. The number of thiazole rings is 1. The second-order valence-corrected chi connectivity index (χ2v) is 5.34. The maximum Gasteiger partial charge on any atom is 0.144 e. The number of aromatic nitrogens is 1. The summed E-state index contributed by atoms with van der Waals surface area (Å²) in [7, 11) is 0. The molecule has 0 amide bonds. The van der Waals surface area contributed by atoms with Crippen molar-refractivity contribution in [3.05, 3.63) is 38.8 Å². The van der Waals surface area contributed by atoms with Gasteiger partial charge in [0.15, 0.2) is 0 Å². The van der Waals surface area contributed by atoms with Gasteiger partial charge in [-0.2, -0.15) is 5.26 Å². The third kappa shape index (κ3) is 2.27. The van der Waals surface area contributed by atoms with Crippen LogP contribution in [-0.2, 0) is 6.42 Å². The SMILES string of the molecule is N#CCc1sc(-c2ccccc2Br)nc1Cl. The number of hydrogen-bond acceptors (Lipinski definition) is 3. The van der Waals surface area contributed by atoms with Crippen LogP contribution in [0.2, 0.25) is 5.15 Å². The topological polar surface area (TPSA) is 36.7 Å². The van der Waals surface area contributed by atoms with Crippen LogP contribution >= 0.6 is 38.9 Å². The van der Waals surface area contributed by atoms with Crippen molar-refractivity contribution in [2.75, 3.05) is 0 Å². The predicted molar refractivity (Wildman–Crippen MR) is 69.6 cm³/mol. The summed E-state index contributed by atoms with van der Waals surface area (Å²) in [5, 5.41) is 9.90.